The molecule has 0 saturated heterocycles. The highest BCUT2D eigenvalue weighted by Gasteiger charge is 2.68. The van der Waals surface area contributed by atoms with Crippen LogP contribution in [0.25, 0.3) is 5.78 Å². The molecule has 3 N–H and O–H groups in total. The molecule has 4 rings (SSSR count). The Bertz CT molecular complexity index is 921. The monoisotopic (exact) mass is 339 g/mol. The van der Waals surface area contributed by atoms with Gasteiger partial charge in [0, 0.05) is 5.41 Å². The number of nitrogens with two attached hydrogens (primary N) is 1. The van der Waals surface area contributed by atoms with Gasteiger partial charge in [0.1, 0.15) is 17.7 Å². The number of aliphatic hydroxyl groups is 1. The molecule has 0 radical (unpaired) electrons. The fourth-order valence-electron chi connectivity index (χ4n) is 4.93. The van der Waals surface area contributed by atoms with Gasteiger partial charge in [0.2, 0.25) is 0 Å². The van der Waals surface area contributed by atoms with Crippen LogP contribution in [0.15, 0.2) is 6.33 Å². The topological polar surface area (TPSA) is 89.3 Å². The van der Waals surface area contributed by atoms with Crippen LogP contribution in [0, 0.1) is 28.6 Å². The van der Waals surface area contributed by atoms with Crippen LogP contribution in [-0.4, -0.2) is 30.3 Å². The van der Waals surface area contributed by atoms with E-state index in [9.17, 15) is 5.11 Å². The first-order chi connectivity index (χ1) is 11.7. The molecule has 2 aromatic heterocycles. The number of nitrogens with zero attached hydrogens (tertiary/aromatic N) is 4. The van der Waals surface area contributed by atoms with Crippen molar-refractivity contribution in [3.05, 3.63) is 17.6 Å². The van der Waals surface area contributed by atoms with Gasteiger partial charge in [0.05, 0.1) is 11.3 Å². The summed E-state index contributed by atoms with van der Waals surface area (Å²) in [5.41, 5.74) is 6.60. The Kier molecular flexibility index (Phi) is 3.24. The molecule has 6 heteroatoms. The predicted molar refractivity (Wildman–Crippen MR) is 95.6 cm³/mol. The number of anilines is 1. The van der Waals surface area contributed by atoms with Crippen molar-refractivity contribution in [2.24, 2.45) is 16.7 Å². The number of rotatable bonds is 1. The van der Waals surface area contributed by atoms with Crippen LogP contribution in [-0.2, 0) is 6.42 Å². The highest BCUT2D eigenvalue weighted by molar-refractivity contribution is 5.58. The molecule has 2 heterocycles. The van der Waals surface area contributed by atoms with Gasteiger partial charge in [-0.05, 0) is 37.0 Å². The third kappa shape index (κ3) is 1.93. The lowest BCUT2D eigenvalue weighted by atomic mass is 9.64. The van der Waals surface area contributed by atoms with Gasteiger partial charge in [-0.3, -0.25) is 0 Å². The van der Waals surface area contributed by atoms with Crippen LogP contribution in [0.3, 0.4) is 0 Å². The third-order valence-corrected chi connectivity index (χ3v) is 7.16. The third-order valence-electron chi connectivity index (χ3n) is 7.16. The number of hydrogen-bond donors (Lipinski definition) is 2. The first-order valence-electron chi connectivity index (χ1n) is 8.97. The lowest BCUT2D eigenvalue weighted by Crippen LogP contribution is -2.46. The molecule has 2 unspecified atom stereocenters. The average molecular weight is 339 g/mol. The van der Waals surface area contributed by atoms with E-state index in [1.54, 1.807) is 0 Å². The van der Waals surface area contributed by atoms with Gasteiger partial charge in [0.25, 0.3) is 5.78 Å². The van der Waals surface area contributed by atoms with Gasteiger partial charge >= 0.3 is 0 Å². The Morgan fingerprint density at radius 3 is 2.76 bits per heavy atom. The molecule has 0 aliphatic heterocycles. The maximum absolute atomic E-state index is 11.4. The van der Waals surface area contributed by atoms with E-state index in [4.69, 9.17) is 5.73 Å². The van der Waals surface area contributed by atoms with E-state index in [-0.39, 0.29) is 10.8 Å². The normalized spacial score (nSPS) is 32.8. The molecule has 2 aliphatic carbocycles. The zero-order valence-corrected chi connectivity index (χ0v) is 15.3. The summed E-state index contributed by atoms with van der Waals surface area (Å²) >= 11 is 0. The van der Waals surface area contributed by atoms with Gasteiger partial charge in [-0.1, -0.05) is 39.5 Å². The van der Waals surface area contributed by atoms with Crippen molar-refractivity contribution < 1.29 is 5.11 Å². The molecule has 3 atom stereocenters. The minimum atomic E-state index is -0.992. The van der Waals surface area contributed by atoms with Crippen molar-refractivity contribution in [1.29, 1.82) is 0 Å². The number of fused-ring (bicyclic) bond motifs is 3. The van der Waals surface area contributed by atoms with Crippen molar-refractivity contribution in [2.75, 3.05) is 5.73 Å². The van der Waals surface area contributed by atoms with Gasteiger partial charge < -0.3 is 10.8 Å². The highest BCUT2D eigenvalue weighted by Crippen LogP contribution is 2.69. The van der Waals surface area contributed by atoms with Crippen molar-refractivity contribution >= 4 is 11.6 Å². The molecule has 132 valence electrons. The number of nitrogen functional groups attached to an aromatic ring is 1. The molecular weight excluding hydrogens is 314 g/mol. The van der Waals surface area contributed by atoms with Crippen molar-refractivity contribution in [3.63, 3.8) is 0 Å². The predicted octanol–water partition coefficient (Wildman–Crippen LogP) is 2.20. The van der Waals surface area contributed by atoms with E-state index < -0.39 is 5.60 Å². The Morgan fingerprint density at radius 1 is 1.40 bits per heavy atom. The summed E-state index contributed by atoms with van der Waals surface area (Å²) < 4.78 is 1.50. The zero-order chi connectivity index (χ0) is 18.0. The van der Waals surface area contributed by atoms with Crippen LogP contribution in [0.4, 0.5) is 5.82 Å². The largest absolute Gasteiger partial charge is 0.382 e. The Balaban J connectivity index is 1.83. The summed E-state index contributed by atoms with van der Waals surface area (Å²) in [6.45, 7) is 8.71. The summed E-state index contributed by atoms with van der Waals surface area (Å²) in [7, 11) is 0. The number of aryl methyl sites for hydroxylation is 1. The summed E-state index contributed by atoms with van der Waals surface area (Å²) in [5.74, 6) is 7.79. The fourth-order valence-corrected chi connectivity index (χ4v) is 4.93. The van der Waals surface area contributed by atoms with E-state index in [1.165, 1.54) is 17.3 Å². The second-order valence-electron chi connectivity index (χ2n) is 8.25. The van der Waals surface area contributed by atoms with Crippen molar-refractivity contribution in [1.82, 2.24) is 19.6 Å². The van der Waals surface area contributed by atoms with Crippen LogP contribution in [0.5, 0.6) is 0 Å². The summed E-state index contributed by atoms with van der Waals surface area (Å²) in [6.07, 6.45) is 5.03. The maximum atomic E-state index is 11.4. The van der Waals surface area contributed by atoms with Gasteiger partial charge in [-0.25, -0.2) is 4.98 Å². The SMILES string of the molecule is CCc1nc2ncnn2c(N)c1C#CC1(O)CC2CC[C@]1(C)C2(C)C. The van der Waals surface area contributed by atoms with Crippen LogP contribution in [0.1, 0.15) is 58.2 Å². The molecule has 2 aromatic rings. The molecule has 2 saturated carbocycles. The number of hydrogen-bond acceptors (Lipinski definition) is 5. The molecule has 0 aromatic carbocycles. The molecule has 0 spiro atoms. The minimum absolute atomic E-state index is 0.0870. The van der Waals surface area contributed by atoms with E-state index in [0.717, 1.165) is 18.5 Å². The Hall–Kier alpha value is -2.13. The van der Waals surface area contributed by atoms with Crippen LogP contribution >= 0.6 is 0 Å². The number of aromatic nitrogens is 4. The lowest BCUT2D eigenvalue weighted by Gasteiger charge is -2.42. The quantitative estimate of drug-likeness (QED) is 0.778. The van der Waals surface area contributed by atoms with E-state index in [1.807, 2.05) is 6.92 Å². The maximum Gasteiger partial charge on any atom is 0.254 e. The van der Waals surface area contributed by atoms with Crippen LogP contribution < -0.4 is 5.73 Å². The molecule has 2 bridgehead atoms. The van der Waals surface area contributed by atoms with Crippen LogP contribution in [0.2, 0.25) is 0 Å². The van der Waals surface area contributed by atoms with Gasteiger partial charge in [-0.2, -0.15) is 14.6 Å². The Morgan fingerprint density at radius 2 is 2.16 bits per heavy atom. The molecule has 25 heavy (non-hydrogen) atoms. The smallest absolute Gasteiger partial charge is 0.254 e. The highest BCUT2D eigenvalue weighted by atomic mass is 16.3. The summed E-state index contributed by atoms with van der Waals surface area (Å²) in [5, 5.41) is 15.5. The van der Waals surface area contributed by atoms with Gasteiger partial charge in [0.15, 0.2) is 0 Å². The second kappa shape index (κ2) is 4.95. The molecule has 2 fully saturated rings. The van der Waals surface area contributed by atoms with Crippen molar-refractivity contribution in [3.8, 4) is 11.8 Å². The first-order valence-corrected chi connectivity index (χ1v) is 8.97. The lowest BCUT2D eigenvalue weighted by molar-refractivity contribution is -0.0432. The summed E-state index contributed by atoms with van der Waals surface area (Å²) in [4.78, 5) is 8.61. The molecule has 6 nitrogen and oxygen atoms in total. The molecular formula is C19H25N5O. The Labute approximate surface area is 147 Å². The standard InChI is InChI=1S/C19H25N5O/c1-5-14-13(15(20)24-16(23-14)21-11-22-24)7-9-19(25)10-12-6-8-18(19,4)17(12,2)3/h11-12,25H,5-6,8,10,20H2,1-4H3/t12?,18-,19?/m1/s1. The minimum Gasteiger partial charge on any atom is -0.382 e. The first kappa shape index (κ1) is 16.3. The molecule has 0 amide bonds. The van der Waals surface area contributed by atoms with Crippen molar-refractivity contribution in [2.45, 2.75) is 59.0 Å². The van der Waals surface area contributed by atoms with E-state index in [0.29, 0.717) is 29.5 Å². The van der Waals surface area contributed by atoms with E-state index in [2.05, 4.69) is 47.7 Å². The average Bonchev–Trinajstić information content (AvgIpc) is 3.16. The zero-order valence-electron chi connectivity index (χ0n) is 15.3. The summed E-state index contributed by atoms with van der Waals surface area (Å²) in [6, 6.07) is 0. The molecule has 2 aliphatic rings. The fraction of sp³-hybridized carbons (Fsp3) is 0.632. The van der Waals surface area contributed by atoms with E-state index >= 15 is 0 Å². The van der Waals surface area contributed by atoms with Gasteiger partial charge in [-0.15, -0.1) is 0 Å². The second-order valence-corrected chi connectivity index (χ2v) is 8.25.